The van der Waals surface area contributed by atoms with Crippen LogP contribution in [-0.4, -0.2) is 25.1 Å². The minimum Gasteiger partial charge on any atom is -0.493 e. The van der Waals surface area contributed by atoms with E-state index < -0.39 is 0 Å². The number of rotatable bonds is 5. The highest BCUT2D eigenvalue weighted by molar-refractivity contribution is 7.13. The first-order valence-corrected chi connectivity index (χ1v) is 7.13. The van der Waals surface area contributed by atoms with Crippen LogP contribution in [0.4, 0.5) is 5.13 Å². The summed E-state index contributed by atoms with van der Waals surface area (Å²) in [5.41, 5.74) is 1.44. The molecular formula is C15H16N2O3S. The van der Waals surface area contributed by atoms with Gasteiger partial charge in [-0.1, -0.05) is 6.07 Å². The fourth-order valence-corrected chi connectivity index (χ4v) is 2.26. The number of hydrogen-bond acceptors (Lipinski definition) is 5. The van der Waals surface area contributed by atoms with E-state index >= 15 is 0 Å². The van der Waals surface area contributed by atoms with Crippen molar-refractivity contribution < 1.29 is 14.3 Å². The van der Waals surface area contributed by atoms with Crippen molar-refractivity contribution in [1.29, 1.82) is 0 Å². The molecule has 1 N–H and O–H groups in total. The van der Waals surface area contributed by atoms with Crippen LogP contribution < -0.4 is 14.8 Å². The molecule has 0 saturated carbocycles. The molecule has 0 spiro atoms. The zero-order valence-electron chi connectivity index (χ0n) is 12.0. The second kappa shape index (κ2) is 6.90. The highest BCUT2D eigenvalue weighted by Crippen LogP contribution is 2.28. The van der Waals surface area contributed by atoms with E-state index in [-0.39, 0.29) is 5.91 Å². The number of carbonyl (C=O) groups is 1. The fourth-order valence-electron chi connectivity index (χ4n) is 1.74. The van der Waals surface area contributed by atoms with E-state index in [1.807, 2.05) is 17.5 Å². The number of nitrogens with zero attached hydrogens (tertiary/aromatic N) is 1. The van der Waals surface area contributed by atoms with Gasteiger partial charge in [-0.25, -0.2) is 4.98 Å². The molecule has 6 heteroatoms. The summed E-state index contributed by atoms with van der Waals surface area (Å²) in [7, 11) is 3.16. The highest BCUT2D eigenvalue weighted by Gasteiger charge is 2.08. The summed E-state index contributed by atoms with van der Waals surface area (Å²) < 4.78 is 10.4. The molecule has 2 aromatic rings. The zero-order valence-corrected chi connectivity index (χ0v) is 12.9. The lowest BCUT2D eigenvalue weighted by Crippen LogP contribution is -2.12. The fraction of sp³-hybridized carbons (Fsp3) is 0.200. The highest BCUT2D eigenvalue weighted by atomic mass is 32.1. The van der Waals surface area contributed by atoms with Crippen LogP contribution in [0.2, 0.25) is 0 Å². The van der Waals surface area contributed by atoms with Gasteiger partial charge >= 0.3 is 0 Å². The maximum Gasteiger partial charge on any atom is 0.253 e. The molecule has 21 heavy (non-hydrogen) atoms. The molecule has 0 aliphatic carbocycles. The van der Waals surface area contributed by atoms with Gasteiger partial charge in [0.15, 0.2) is 16.6 Å². The Bertz CT molecular complexity index is 651. The number of hydrogen-bond donors (Lipinski definition) is 1. The summed E-state index contributed by atoms with van der Waals surface area (Å²) in [4.78, 5) is 16.0. The Morgan fingerprint density at radius 2 is 2.05 bits per heavy atom. The van der Waals surface area contributed by atoms with Crippen molar-refractivity contribution in [3.05, 3.63) is 40.9 Å². The van der Waals surface area contributed by atoms with Crippen molar-refractivity contribution in [3.8, 4) is 11.5 Å². The Morgan fingerprint density at radius 1 is 1.29 bits per heavy atom. The normalized spacial score (nSPS) is 11.1. The van der Waals surface area contributed by atoms with Crippen LogP contribution in [-0.2, 0) is 4.79 Å². The minimum atomic E-state index is -0.181. The summed E-state index contributed by atoms with van der Waals surface area (Å²) in [6.45, 7) is 1.75. The van der Waals surface area contributed by atoms with E-state index in [9.17, 15) is 4.79 Å². The van der Waals surface area contributed by atoms with Gasteiger partial charge in [-0.05, 0) is 30.7 Å². The van der Waals surface area contributed by atoms with Gasteiger partial charge in [-0.15, -0.1) is 11.3 Å². The lowest BCUT2D eigenvalue weighted by molar-refractivity contribution is -0.112. The second-order valence-electron chi connectivity index (χ2n) is 4.23. The summed E-state index contributed by atoms with van der Waals surface area (Å²) in [5, 5.41) is 5.13. The number of thiazole rings is 1. The van der Waals surface area contributed by atoms with Crippen molar-refractivity contribution in [2.75, 3.05) is 19.5 Å². The third-order valence-corrected chi connectivity index (χ3v) is 3.49. The minimum absolute atomic E-state index is 0.181. The number of aromatic nitrogens is 1. The SMILES string of the molecule is COc1ccc(/C=C(\C)C(=O)Nc2nccs2)cc1OC. The molecule has 0 atom stereocenters. The van der Waals surface area contributed by atoms with E-state index in [1.165, 1.54) is 11.3 Å². The Labute approximate surface area is 127 Å². The Morgan fingerprint density at radius 3 is 2.67 bits per heavy atom. The van der Waals surface area contributed by atoms with Crippen molar-refractivity contribution in [3.63, 3.8) is 0 Å². The van der Waals surface area contributed by atoms with Gasteiger partial charge in [-0.3, -0.25) is 10.1 Å². The molecule has 0 saturated heterocycles. The molecule has 0 aliphatic rings. The second-order valence-corrected chi connectivity index (χ2v) is 5.13. The number of nitrogens with one attached hydrogen (secondary N) is 1. The molecule has 0 bridgehead atoms. The van der Waals surface area contributed by atoms with Gasteiger partial charge in [-0.2, -0.15) is 0 Å². The number of ether oxygens (including phenoxy) is 2. The first-order valence-electron chi connectivity index (χ1n) is 6.25. The monoisotopic (exact) mass is 304 g/mol. The van der Waals surface area contributed by atoms with Crippen molar-refractivity contribution in [2.45, 2.75) is 6.92 Å². The first-order chi connectivity index (χ1) is 10.1. The molecule has 110 valence electrons. The van der Waals surface area contributed by atoms with E-state index in [1.54, 1.807) is 39.5 Å². The molecular weight excluding hydrogens is 288 g/mol. The van der Waals surface area contributed by atoms with Gasteiger partial charge in [0.1, 0.15) is 0 Å². The predicted octanol–water partition coefficient (Wildman–Crippen LogP) is 3.20. The molecule has 5 nitrogen and oxygen atoms in total. The van der Waals surface area contributed by atoms with Gasteiger partial charge in [0, 0.05) is 17.2 Å². The van der Waals surface area contributed by atoms with Crippen LogP contribution in [0.15, 0.2) is 35.3 Å². The Kier molecular flexibility index (Phi) is 4.94. The quantitative estimate of drug-likeness (QED) is 0.862. The van der Waals surface area contributed by atoms with E-state index in [4.69, 9.17) is 9.47 Å². The molecule has 1 amide bonds. The van der Waals surface area contributed by atoms with Crippen LogP contribution >= 0.6 is 11.3 Å². The van der Waals surface area contributed by atoms with Gasteiger partial charge in [0.2, 0.25) is 0 Å². The number of carbonyl (C=O) groups excluding carboxylic acids is 1. The summed E-state index contributed by atoms with van der Waals surface area (Å²) in [5.74, 6) is 1.10. The summed E-state index contributed by atoms with van der Waals surface area (Å²) >= 11 is 1.38. The van der Waals surface area contributed by atoms with Crippen molar-refractivity contribution >= 4 is 28.5 Å². The molecule has 1 aromatic carbocycles. The number of methoxy groups -OCH3 is 2. The number of anilines is 1. The summed E-state index contributed by atoms with van der Waals surface area (Å²) in [6, 6.07) is 5.48. The van der Waals surface area contributed by atoms with Crippen LogP contribution in [0.25, 0.3) is 6.08 Å². The summed E-state index contributed by atoms with van der Waals surface area (Å²) in [6.07, 6.45) is 3.43. The predicted molar refractivity (Wildman–Crippen MR) is 83.9 cm³/mol. The molecule has 1 aromatic heterocycles. The largest absolute Gasteiger partial charge is 0.493 e. The Balaban J connectivity index is 2.16. The lowest BCUT2D eigenvalue weighted by atomic mass is 10.1. The van der Waals surface area contributed by atoms with Crippen LogP contribution in [0.3, 0.4) is 0 Å². The Hall–Kier alpha value is -2.34. The number of amides is 1. The number of benzene rings is 1. The first kappa shape index (κ1) is 15.1. The average molecular weight is 304 g/mol. The van der Waals surface area contributed by atoms with E-state index in [2.05, 4.69) is 10.3 Å². The topological polar surface area (TPSA) is 60.5 Å². The maximum absolute atomic E-state index is 12.0. The van der Waals surface area contributed by atoms with Gasteiger partial charge < -0.3 is 9.47 Å². The molecule has 0 unspecified atom stereocenters. The standard InChI is InChI=1S/C15H16N2O3S/c1-10(14(18)17-15-16-6-7-21-15)8-11-4-5-12(19-2)13(9-11)20-3/h4-9H,1-3H3,(H,16,17,18)/b10-8+. The molecule has 0 radical (unpaired) electrons. The van der Waals surface area contributed by atoms with Crippen molar-refractivity contribution in [1.82, 2.24) is 4.98 Å². The van der Waals surface area contributed by atoms with E-state index in [0.29, 0.717) is 22.2 Å². The van der Waals surface area contributed by atoms with Gasteiger partial charge in [0.25, 0.3) is 5.91 Å². The van der Waals surface area contributed by atoms with Gasteiger partial charge in [0.05, 0.1) is 14.2 Å². The zero-order chi connectivity index (χ0) is 15.2. The smallest absolute Gasteiger partial charge is 0.253 e. The molecule has 0 fully saturated rings. The van der Waals surface area contributed by atoms with E-state index in [0.717, 1.165) is 5.56 Å². The third kappa shape index (κ3) is 3.82. The van der Waals surface area contributed by atoms with Crippen LogP contribution in [0.5, 0.6) is 11.5 Å². The van der Waals surface area contributed by atoms with Crippen LogP contribution in [0, 0.1) is 0 Å². The van der Waals surface area contributed by atoms with Crippen molar-refractivity contribution in [2.24, 2.45) is 0 Å². The molecule has 0 aliphatic heterocycles. The third-order valence-electron chi connectivity index (χ3n) is 2.80. The molecule has 2 rings (SSSR count). The van der Waals surface area contributed by atoms with Crippen LogP contribution in [0.1, 0.15) is 12.5 Å². The maximum atomic E-state index is 12.0. The molecule has 1 heterocycles. The average Bonchev–Trinajstić information content (AvgIpc) is 2.99. The lowest BCUT2D eigenvalue weighted by Gasteiger charge is -2.08.